The van der Waals surface area contributed by atoms with Crippen LogP contribution in [-0.2, 0) is 20.7 Å². The highest BCUT2D eigenvalue weighted by molar-refractivity contribution is 5.89. The van der Waals surface area contributed by atoms with Crippen molar-refractivity contribution in [2.75, 3.05) is 14.2 Å². The molecule has 2 N–H and O–H groups in total. The van der Waals surface area contributed by atoms with Crippen LogP contribution in [0.2, 0.25) is 0 Å². The van der Waals surface area contributed by atoms with Gasteiger partial charge in [-0.25, -0.2) is 0 Å². The van der Waals surface area contributed by atoms with E-state index in [9.17, 15) is 9.59 Å². The molecule has 2 rings (SSSR count). The Hall–Kier alpha value is -2.14. The van der Waals surface area contributed by atoms with Crippen LogP contribution in [0.15, 0.2) is 30.5 Å². The van der Waals surface area contributed by atoms with Crippen LogP contribution >= 0.6 is 0 Å². The second kappa shape index (κ2) is 7.92. The summed E-state index contributed by atoms with van der Waals surface area (Å²) < 4.78 is 4.90. The predicted octanol–water partition coefficient (Wildman–Crippen LogP) is 2.46. The number of nitrogens with one attached hydrogen (secondary N) is 2. The van der Waals surface area contributed by atoms with Crippen molar-refractivity contribution in [3.8, 4) is 0 Å². The minimum Gasteiger partial charge on any atom is -0.469 e. The van der Waals surface area contributed by atoms with Gasteiger partial charge in [0.15, 0.2) is 5.78 Å². The third-order valence-electron chi connectivity index (χ3n) is 4.27. The summed E-state index contributed by atoms with van der Waals surface area (Å²) in [6, 6.07) is 7.71. The van der Waals surface area contributed by atoms with Crippen LogP contribution in [0.1, 0.15) is 25.3 Å². The van der Waals surface area contributed by atoms with Gasteiger partial charge in [0.05, 0.1) is 19.1 Å². The molecule has 0 saturated heterocycles. The van der Waals surface area contributed by atoms with E-state index in [2.05, 4.69) is 10.3 Å². The van der Waals surface area contributed by atoms with Crippen LogP contribution in [0, 0.1) is 5.92 Å². The number of esters is 1. The van der Waals surface area contributed by atoms with Crippen LogP contribution in [0.3, 0.4) is 0 Å². The average Bonchev–Trinajstić information content (AvgIpc) is 2.98. The fraction of sp³-hybridized carbons (Fsp3) is 0.444. The Morgan fingerprint density at radius 2 is 2.04 bits per heavy atom. The normalized spacial score (nSPS) is 13.7. The Morgan fingerprint density at radius 3 is 2.70 bits per heavy atom. The molecule has 0 fully saturated rings. The average molecular weight is 316 g/mol. The second-order valence-electron chi connectivity index (χ2n) is 5.70. The number of ketones is 1. The summed E-state index contributed by atoms with van der Waals surface area (Å²) in [4.78, 5) is 27.7. The number of hydrogen-bond donors (Lipinski definition) is 2. The first-order chi connectivity index (χ1) is 11.1. The van der Waals surface area contributed by atoms with Gasteiger partial charge in [0, 0.05) is 23.5 Å². The van der Waals surface area contributed by atoms with Gasteiger partial charge in [-0.1, -0.05) is 25.1 Å². The van der Waals surface area contributed by atoms with Gasteiger partial charge in [-0.05, 0) is 31.5 Å². The van der Waals surface area contributed by atoms with E-state index >= 15 is 0 Å². The summed E-state index contributed by atoms with van der Waals surface area (Å²) in [6.07, 6.45) is 3.28. The largest absolute Gasteiger partial charge is 0.469 e. The number of hydrogen-bond acceptors (Lipinski definition) is 4. The molecule has 5 heteroatoms. The van der Waals surface area contributed by atoms with Crippen LogP contribution < -0.4 is 5.32 Å². The maximum Gasteiger partial charge on any atom is 0.309 e. The molecule has 0 saturated carbocycles. The standard InChI is InChI=1S/C18H24N2O3/c1-4-15(19-2)17(21)10-12(18(22)23-3)9-13-11-20-16-8-6-5-7-14(13)16/h5-8,11-12,15,19-20H,4,9-10H2,1-3H3/t12-,15-/m1/s1. The number of likely N-dealkylation sites (N-methyl/N-ethyl adjacent to an activating group) is 1. The first-order valence-electron chi connectivity index (χ1n) is 7.93. The highest BCUT2D eigenvalue weighted by atomic mass is 16.5. The topological polar surface area (TPSA) is 71.2 Å². The molecule has 124 valence electrons. The predicted molar refractivity (Wildman–Crippen MR) is 90.3 cm³/mol. The zero-order valence-electron chi connectivity index (χ0n) is 13.9. The molecule has 0 aliphatic heterocycles. The minimum atomic E-state index is -0.464. The molecule has 1 aromatic heterocycles. The third-order valence-corrected chi connectivity index (χ3v) is 4.27. The van der Waals surface area contributed by atoms with Crippen LogP contribution in [-0.4, -0.2) is 36.9 Å². The van der Waals surface area contributed by atoms with Crippen molar-refractivity contribution in [1.29, 1.82) is 0 Å². The molecule has 2 atom stereocenters. The number of para-hydroxylation sites is 1. The van der Waals surface area contributed by atoms with Crippen molar-refractivity contribution in [1.82, 2.24) is 10.3 Å². The van der Waals surface area contributed by atoms with Gasteiger partial charge in [-0.2, -0.15) is 0 Å². The fourth-order valence-electron chi connectivity index (χ4n) is 2.95. The van der Waals surface area contributed by atoms with E-state index in [0.29, 0.717) is 12.8 Å². The van der Waals surface area contributed by atoms with Gasteiger partial charge >= 0.3 is 5.97 Å². The molecule has 0 amide bonds. The van der Waals surface area contributed by atoms with Crippen molar-refractivity contribution >= 4 is 22.7 Å². The van der Waals surface area contributed by atoms with E-state index in [4.69, 9.17) is 4.74 Å². The van der Waals surface area contributed by atoms with Gasteiger partial charge in [0.1, 0.15) is 0 Å². The number of benzene rings is 1. The lowest BCUT2D eigenvalue weighted by molar-refractivity contribution is -0.147. The maximum absolute atomic E-state index is 12.4. The van der Waals surface area contributed by atoms with E-state index in [1.54, 1.807) is 7.05 Å². The molecule has 0 spiro atoms. The number of carbonyl (C=O) groups excluding carboxylic acids is 2. The lowest BCUT2D eigenvalue weighted by Crippen LogP contribution is -2.36. The number of H-pyrrole nitrogens is 1. The lowest BCUT2D eigenvalue weighted by atomic mass is 9.91. The summed E-state index contributed by atoms with van der Waals surface area (Å²) in [5, 5.41) is 4.07. The van der Waals surface area contributed by atoms with Gasteiger partial charge in [-0.3, -0.25) is 9.59 Å². The molecule has 0 aliphatic rings. The summed E-state index contributed by atoms with van der Waals surface area (Å²) in [7, 11) is 3.13. The monoisotopic (exact) mass is 316 g/mol. The quantitative estimate of drug-likeness (QED) is 0.734. The Morgan fingerprint density at radius 1 is 1.30 bits per heavy atom. The molecule has 0 aliphatic carbocycles. The van der Waals surface area contributed by atoms with E-state index in [1.807, 2.05) is 37.4 Å². The third kappa shape index (κ3) is 3.99. The first-order valence-corrected chi connectivity index (χ1v) is 7.93. The molecule has 5 nitrogen and oxygen atoms in total. The smallest absolute Gasteiger partial charge is 0.309 e. The molecule has 0 unspecified atom stereocenters. The molecule has 0 bridgehead atoms. The summed E-state index contributed by atoms with van der Waals surface area (Å²) >= 11 is 0. The lowest BCUT2D eigenvalue weighted by Gasteiger charge is -2.17. The number of ether oxygens (including phenoxy) is 1. The Labute approximate surface area is 136 Å². The molecular formula is C18H24N2O3. The van der Waals surface area contributed by atoms with E-state index in [-0.39, 0.29) is 24.2 Å². The van der Waals surface area contributed by atoms with E-state index in [0.717, 1.165) is 16.5 Å². The number of fused-ring (bicyclic) bond motifs is 1. The molecule has 1 aromatic carbocycles. The molecule has 2 aromatic rings. The Bertz CT molecular complexity index is 674. The Kier molecular flexibility index (Phi) is 5.93. The van der Waals surface area contributed by atoms with E-state index < -0.39 is 5.92 Å². The summed E-state index contributed by atoms with van der Waals surface area (Å²) in [6.45, 7) is 1.95. The van der Waals surface area contributed by atoms with Crippen LogP contribution in [0.4, 0.5) is 0 Å². The van der Waals surface area contributed by atoms with E-state index in [1.165, 1.54) is 7.11 Å². The minimum absolute atomic E-state index is 0.0465. The number of aromatic nitrogens is 1. The highest BCUT2D eigenvalue weighted by Crippen LogP contribution is 2.23. The number of methoxy groups -OCH3 is 1. The number of carbonyl (C=O) groups is 2. The molecular weight excluding hydrogens is 292 g/mol. The van der Waals surface area contributed by atoms with Gasteiger partial charge in [0.2, 0.25) is 0 Å². The zero-order chi connectivity index (χ0) is 16.8. The van der Waals surface area contributed by atoms with Gasteiger partial charge in [0.25, 0.3) is 0 Å². The summed E-state index contributed by atoms with van der Waals surface area (Å²) in [5.74, 6) is -0.756. The SMILES string of the molecule is CC[C@@H](NC)C(=O)C[C@@H](Cc1c[nH]c2ccccc12)C(=O)OC. The van der Waals surface area contributed by atoms with Crippen molar-refractivity contribution in [2.45, 2.75) is 32.2 Å². The first kappa shape index (κ1) is 17.2. The van der Waals surface area contributed by atoms with Crippen LogP contribution in [0.25, 0.3) is 10.9 Å². The number of Topliss-reactive ketones (excluding diaryl/α,β-unsaturated/α-hetero) is 1. The van der Waals surface area contributed by atoms with Crippen molar-refractivity contribution in [3.05, 3.63) is 36.0 Å². The highest BCUT2D eigenvalue weighted by Gasteiger charge is 2.26. The fourth-order valence-corrected chi connectivity index (χ4v) is 2.95. The number of aromatic amines is 1. The molecule has 23 heavy (non-hydrogen) atoms. The zero-order valence-corrected chi connectivity index (χ0v) is 13.9. The van der Waals surface area contributed by atoms with Gasteiger partial charge < -0.3 is 15.0 Å². The van der Waals surface area contributed by atoms with Crippen molar-refractivity contribution in [3.63, 3.8) is 0 Å². The second-order valence-corrected chi connectivity index (χ2v) is 5.70. The number of rotatable bonds is 8. The Balaban J connectivity index is 2.19. The molecule has 1 heterocycles. The maximum atomic E-state index is 12.4. The van der Waals surface area contributed by atoms with Gasteiger partial charge in [-0.15, -0.1) is 0 Å². The van der Waals surface area contributed by atoms with Crippen molar-refractivity contribution in [2.24, 2.45) is 5.92 Å². The van der Waals surface area contributed by atoms with Crippen LogP contribution in [0.5, 0.6) is 0 Å². The molecule has 0 radical (unpaired) electrons. The van der Waals surface area contributed by atoms with Crippen molar-refractivity contribution < 1.29 is 14.3 Å². The summed E-state index contributed by atoms with van der Waals surface area (Å²) in [5.41, 5.74) is 2.06.